The van der Waals surface area contributed by atoms with Crippen molar-refractivity contribution < 1.29 is 17.9 Å². The van der Waals surface area contributed by atoms with Gasteiger partial charge in [-0.25, -0.2) is 18.2 Å². The van der Waals surface area contributed by atoms with Gasteiger partial charge in [0, 0.05) is 19.3 Å². The number of hydrogen-bond acceptors (Lipinski definition) is 6. The van der Waals surface area contributed by atoms with Gasteiger partial charge in [-0.15, -0.1) is 0 Å². The summed E-state index contributed by atoms with van der Waals surface area (Å²) in [7, 11) is -3.26. The van der Waals surface area contributed by atoms with E-state index in [0.717, 1.165) is 11.0 Å². The van der Waals surface area contributed by atoms with E-state index >= 15 is 0 Å². The Balaban J connectivity index is 1.81. The average Bonchev–Trinajstić information content (AvgIpc) is 2.88. The number of amides is 2. The summed E-state index contributed by atoms with van der Waals surface area (Å²) in [4.78, 5) is 18.3. The van der Waals surface area contributed by atoms with Crippen LogP contribution < -0.4 is 5.32 Å². The third-order valence-corrected chi connectivity index (χ3v) is 5.34. The number of rotatable bonds is 2. The molecule has 0 radical (unpaired) electrons. The summed E-state index contributed by atoms with van der Waals surface area (Å²) >= 11 is 1.25. The highest BCUT2D eigenvalue weighted by Crippen LogP contribution is 2.28. The number of thiazole rings is 1. The molecule has 2 heterocycles. The van der Waals surface area contributed by atoms with Gasteiger partial charge in [0.2, 0.25) is 0 Å². The van der Waals surface area contributed by atoms with Crippen LogP contribution in [0.1, 0.15) is 0 Å². The van der Waals surface area contributed by atoms with Gasteiger partial charge in [0.1, 0.15) is 0 Å². The van der Waals surface area contributed by atoms with Gasteiger partial charge in [0.05, 0.1) is 28.3 Å². The fourth-order valence-electron chi connectivity index (χ4n) is 2.13. The molecule has 22 heavy (non-hydrogen) atoms. The monoisotopic (exact) mass is 341 g/mol. The number of hydrogen-bond donors (Lipinski definition) is 1. The molecule has 1 fully saturated rings. The molecule has 1 N–H and O–H groups in total. The van der Waals surface area contributed by atoms with Crippen LogP contribution in [0.3, 0.4) is 0 Å². The summed E-state index contributed by atoms with van der Waals surface area (Å²) in [6.45, 7) is 2.17. The van der Waals surface area contributed by atoms with Crippen LogP contribution in [0, 0.1) is 0 Å². The van der Waals surface area contributed by atoms with Gasteiger partial charge in [0.25, 0.3) is 0 Å². The highest BCUT2D eigenvalue weighted by molar-refractivity contribution is 7.90. The molecule has 0 spiro atoms. The Bertz CT molecular complexity index is 810. The highest BCUT2D eigenvalue weighted by Gasteiger charge is 2.18. The van der Waals surface area contributed by atoms with E-state index in [9.17, 15) is 13.2 Å². The Labute approximate surface area is 131 Å². The van der Waals surface area contributed by atoms with Crippen LogP contribution in [-0.2, 0) is 14.6 Å². The van der Waals surface area contributed by atoms with Crippen molar-refractivity contribution in [3.8, 4) is 0 Å². The second-order valence-electron chi connectivity index (χ2n) is 4.95. The molecule has 9 heteroatoms. The number of nitrogens with one attached hydrogen (secondary N) is 1. The SMILES string of the molecule is CS(=O)(=O)c1ccc2nc(NC(=O)N3CCOCC3)sc2c1. The van der Waals surface area contributed by atoms with Gasteiger partial charge in [-0.1, -0.05) is 11.3 Å². The molecule has 1 aliphatic heterocycles. The number of ether oxygens (including phenoxy) is 1. The van der Waals surface area contributed by atoms with E-state index in [-0.39, 0.29) is 10.9 Å². The Morgan fingerprint density at radius 3 is 2.77 bits per heavy atom. The first-order valence-corrected chi connectivity index (χ1v) is 9.38. The van der Waals surface area contributed by atoms with E-state index < -0.39 is 9.84 Å². The number of morpholine rings is 1. The van der Waals surface area contributed by atoms with Gasteiger partial charge < -0.3 is 9.64 Å². The van der Waals surface area contributed by atoms with Gasteiger partial charge in [-0.2, -0.15) is 0 Å². The molecule has 1 saturated heterocycles. The van der Waals surface area contributed by atoms with Crippen molar-refractivity contribution in [3.63, 3.8) is 0 Å². The maximum atomic E-state index is 12.1. The Hall–Kier alpha value is -1.71. The number of sulfone groups is 1. The molecule has 1 aliphatic rings. The fraction of sp³-hybridized carbons (Fsp3) is 0.385. The molecule has 2 aromatic rings. The molecular weight excluding hydrogens is 326 g/mol. The van der Waals surface area contributed by atoms with Crippen LogP contribution in [0.15, 0.2) is 23.1 Å². The predicted molar refractivity (Wildman–Crippen MR) is 84.1 cm³/mol. The van der Waals surface area contributed by atoms with E-state index in [1.165, 1.54) is 17.4 Å². The van der Waals surface area contributed by atoms with Crippen LogP contribution >= 0.6 is 11.3 Å². The minimum Gasteiger partial charge on any atom is -0.378 e. The average molecular weight is 341 g/mol. The normalized spacial score (nSPS) is 16.0. The van der Waals surface area contributed by atoms with Crippen molar-refractivity contribution in [2.24, 2.45) is 0 Å². The molecule has 118 valence electrons. The maximum absolute atomic E-state index is 12.1. The zero-order chi connectivity index (χ0) is 15.7. The minimum absolute atomic E-state index is 0.217. The van der Waals surface area contributed by atoms with Crippen LogP contribution in [-0.4, -0.2) is 56.9 Å². The number of aromatic nitrogens is 1. The molecular formula is C13H15N3O4S2. The van der Waals surface area contributed by atoms with Crippen LogP contribution in [0.2, 0.25) is 0 Å². The van der Waals surface area contributed by atoms with Gasteiger partial charge in [-0.3, -0.25) is 5.32 Å². The van der Waals surface area contributed by atoms with Gasteiger partial charge in [0.15, 0.2) is 15.0 Å². The zero-order valence-electron chi connectivity index (χ0n) is 11.9. The van der Waals surface area contributed by atoms with Crippen molar-refractivity contribution in [2.75, 3.05) is 37.9 Å². The number of benzene rings is 1. The number of carbonyl (C=O) groups is 1. The largest absolute Gasteiger partial charge is 0.378 e. The zero-order valence-corrected chi connectivity index (χ0v) is 13.5. The molecule has 0 unspecified atom stereocenters. The third kappa shape index (κ3) is 3.21. The first-order chi connectivity index (χ1) is 10.4. The lowest BCUT2D eigenvalue weighted by Gasteiger charge is -2.26. The topological polar surface area (TPSA) is 88.6 Å². The molecule has 1 aromatic heterocycles. The summed E-state index contributed by atoms with van der Waals surface area (Å²) in [5.41, 5.74) is 0.662. The van der Waals surface area contributed by atoms with Gasteiger partial charge in [-0.05, 0) is 18.2 Å². The summed E-state index contributed by atoms with van der Waals surface area (Å²) in [5, 5.41) is 3.20. The van der Waals surface area contributed by atoms with E-state index in [0.29, 0.717) is 37.0 Å². The summed E-state index contributed by atoms with van der Waals surface area (Å²) in [5.74, 6) is 0. The number of fused-ring (bicyclic) bond motifs is 1. The number of urea groups is 1. The molecule has 0 saturated carbocycles. The quantitative estimate of drug-likeness (QED) is 0.895. The lowest BCUT2D eigenvalue weighted by molar-refractivity contribution is 0.0564. The fourth-order valence-corrected chi connectivity index (χ4v) is 3.74. The highest BCUT2D eigenvalue weighted by atomic mass is 32.2. The Kier molecular flexibility index (Phi) is 4.02. The van der Waals surface area contributed by atoms with Crippen molar-refractivity contribution in [1.29, 1.82) is 0 Å². The molecule has 0 bridgehead atoms. The first-order valence-electron chi connectivity index (χ1n) is 6.68. The summed E-state index contributed by atoms with van der Waals surface area (Å²) < 4.78 is 29.1. The molecule has 1 aromatic carbocycles. The first kappa shape index (κ1) is 15.2. The van der Waals surface area contributed by atoms with Crippen molar-refractivity contribution in [1.82, 2.24) is 9.88 Å². The smallest absolute Gasteiger partial charge is 0.323 e. The Morgan fingerprint density at radius 2 is 2.09 bits per heavy atom. The van der Waals surface area contributed by atoms with Crippen molar-refractivity contribution in [3.05, 3.63) is 18.2 Å². The molecule has 2 amide bonds. The van der Waals surface area contributed by atoms with Crippen LogP contribution in [0.25, 0.3) is 10.2 Å². The molecule has 3 rings (SSSR count). The standard InChI is InChI=1S/C13H15N3O4S2/c1-22(18,19)9-2-3-10-11(8-9)21-12(14-10)15-13(17)16-4-6-20-7-5-16/h2-3,8H,4-7H2,1H3,(H,14,15,17). The predicted octanol–water partition coefficient (Wildman–Crippen LogP) is 1.56. The lowest BCUT2D eigenvalue weighted by Crippen LogP contribution is -2.43. The number of nitrogens with zero attached hydrogens (tertiary/aromatic N) is 2. The van der Waals surface area contributed by atoms with Crippen LogP contribution in [0.4, 0.5) is 9.93 Å². The molecule has 7 nitrogen and oxygen atoms in total. The van der Waals surface area contributed by atoms with Crippen LogP contribution in [0.5, 0.6) is 0 Å². The van der Waals surface area contributed by atoms with Gasteiger partial charge >= 0.3 is 6.03 Å². The van der Waals surface area contributed by atoms with Crippen molar-refractivity contribution >= 4 is 42.6 Å². The number of anilines is 1. The second kappa shape index (κ2) is 5.82. The van der Waals surface area contributed by atoms with Crippen molar-refractivity contribution in [2.45, 2.75) is 4.90 Å². The molecule has 0 atom stereocenters. The minimum atomic E-state index is -3.26. The van der Waals surface area contributed by atoms with E-state index in [2.05, 4.69) is 10.3 Å². The summed E-state index contributed by atoms with van der Waals surface area (Å²) in [6.07, 6.45) is 1.16. The van der Waals surface area contributed by atoms with E-state index in [4.69, 9.17) is 4.74 Å². The Morgan fingerprint density at radius 1 is 1.36 bits per heavy atom. The number of carbonyl (C=O) groups excluding carboxylic acids is 1. The van der Waals surface area contributed by atoms with E-state index in [1.54, 1.807) is 17.0 Å². The lowest BCUT2D eigenvalue weighted by atomic mass is 10.3. The molecule has 0 aliphatic carbocycles. The second-order valence-corrected chi connectivity index (χ2v) is 8.00. The third-order valence-electron chi connectivity index (χ3n) is 3.30. The van der Waals surface area contributed by atoms with E-state index in [1.807, 2.05) is 0 Å². The maximum Gasteiger partial charge on any atom is 0.323 e. The summed E-state index contributed by atoms with van der Waals surface area (Å²) in [6, 6.07) is 4.52.